The summed E-state index contributed by atoms with van der Waals surface area (Å²) in [5.74, 6) is 0.579. The second kappa shape index (κ2) is 10.7. The highest BCUT2D eigenvalue weighted by atomic mass is 19.1. The highest BCUT2D eigenvalue weighted by Crippen LogP contribution is 2.19. The number of aryl methyl sites for hydroxylation is 1. The van der Waals surface area contributed by atoms with Crippen LogP contribution in [0, 0.1) is 5.82 Å². The second-order valence-corrected chi connectivity index (χ2v) is 7.90. The minimum absolute atomic E-state index is 0. The lowest BCUT2D eigenvalue weighted by Crippen LogP contribution is -2.16. The number of anilines is 1. The number of carbonyl (C=O) groups is 1. The number of aromatic nitrogens is 5. The fraction of sp³-hybridized carbons (Fsp3) is 0.148. The van der Waals surface area contributed by atoms with Crippen LogP contribution in [0.25, 0.3) is 16.6 Å². The summed E-state index contributed by atoms with van der Waals surface area (Å²) in [6, 6.07) is 22.5. The summed E-state index contributed by atoms with van der Waals surface area (Å²) in [5, 5.41) is 12.2. The summed E-state index contributed by atoms with van der Waals surface area (Å²) in [5.41, 5.74) is 1.24. The smallest absolute Gasteiger partial charge is 0.258 e. The number of hydrogen-bond acceptors (Lipinski definition) is 6. The Morgan fingerprint density at radius 2 is 1.67 bits per heavy atom. The van der Waals surface area contributed by atoms with Gasteiger partial charge in [-0.05, 0) is 36.4 Å². The number of fused-ring (bicyclic) bond motifs is 1. The molecule has 8 nitrogen and oxygen atoms in total. The molecule has 3 aromatic carbocycles. The number of hydrogen-bond donors (Lipinski definition) is 2. The molecule has 0 fully saturated rings. The van der Waals surface area contributed by atoms with Crippen molar-refractivity contribution in [1.29, 1.82) is 0 Å². The zero-order chi connectivity index (χ0) is 24.2. The van der Waals surface area contributed by atoms with Crippen molar-refractivity contribution in [2.45, 2.75) is 26.8 Å². The zero-order valence-electron chi connectivity index (χ0n) is 18.6. The number of aromatic amines is 1. The number of benzene rings is 3. The molecule has 0 aliphatic heterocycles. The van der Waals surface area contributed by atoms with Gasteiger partial charge in [0, 0.05) is 12.8 Å². The number of rotatable bonds is 8. The second-order valence-electron chi connectivity index (χ2n) is 7.90. The van der Waals surface area contributed by atoms with Gasteiger partial charge in [-0.15, -0.1) is 10.2 Å². The number of ketones is 1. The molecular formula is C27H25FN6O2. The van der Waals surface area contributed by atoms with Gasteiger partial charge in [0.25, 0.3) is 5.56 Å². The average Bonchev–Trinajstić information content (AvgIpc) is 3.29. The summed E-state index contributed by atoms with van der Waals surface area (Å²) in [6.45, 7) is 0.208. The van der Waals surface area contributed by atoms with Gasteiger partial charge in [-0.3, -0.25) is 14.2 Å². The molecule has 0 amide bonds. The maximum atomic E-state index is 14.0. The maximum absolute atomic E-state index is 14.0. The van der Waals surface area contributed by atoms with Crippen LogP contribution in [0.1, 0.15) is 35.9 Å². The quantitative estimate of drug-likeness (QED) is 0.309. The van der Waals surface area contributed by atoms with E-state index >= 15 is 0 Å². The summed E-state index contributed by atoms with van der Waals surface area (Å²) in [7, 11) is 0. The Bertz CT molecular complexity index is 1560. The number of halogens is 1. The first kappa shape index (κ1) is 24.5. The van der Waals surface area contributed by atoms with Crippen molar-refractivity contribution in [2.75, 3.05) is 5.32 Å². The molecule has 2 N–H and O–H groups in total. The molecule has 36 heavy (non-hydrogen) atoms. The summed E-state index contributed by atoms with van der Waals surface area (Å²) in [4.78, 5) is 32.3. The first-order chi connectivity index (χ1) is 17.1. The van der Waals surface area contributed by atoms with Gasteiger partial charge >= 0.3 is 0 Å². The van der Waals surface area contributed by atoms with Crippen molar-refractivity contribution < 1.29 is 9.18 Å². The van der Waals surface area contributed by atoms with E-state index in [4.69, 9.17) is 0 Å². The minimum atomic E-state index is -0.541. The van der Waals surface area contributed by atoms with Crippen LogP contribution in [0.15, 0.2) is 83.7 Å². The van der Waals surface area contributed by atoms with E-state index in [9.17, 15) is 14.0 Å². The molecule has 0 bridgehead atoms. The highest BCUT2D eigenvalue weighted by molar-refractivity contribution is 5.96. The van der Waals surface area contributed by atoms with Gasteiger partial charge in [-0.2, -0.15) is 0 Å². The van der Waals surface area contributed by atoms with Gasteiger partial charge in [0.2, 0.25) is 5.95 Å². The standard InChI is InChI=1S/C26H21FN6O2.CH4/c27-20-12-6-4-10-18(20)22(34)14-15-24-31-32-26(33(24)17-8-2-1-3-9-17)28-16-23-29-21-13-7-5-11-19(21)25(35)30-23;/h1-13H,14-16H2,(H,28,32)(H,29,30,35);1H4. The largest absolute Gasteiger partial charge is 0.347 e. The first-order valence-corrected chi connectivity index (χ1v) is 11.1. The third-order valence-electron chi connectivity index (χ3n) is 5.57. The average molecular weight is 485 g/mol. The molecule has 2 aromatic heterocycles. The molecule has 0 saturated carbocycles. The third kappa shape index (κ3) is 5.05. The predicted octanol–water partition coefficient (Wildman–Crippen LogP) is 4.71. The molecule has 9 heteroatoms. The van der Waals surface area contributed by atoms with Crippen LogP contribution in [-0.4, -0.2) is 30.5 Å². The summed E-state index contributed by atoms with van der Waals surface area (Å²) >= 11 is 0. The minimum Gasteiger partial charge on any atom is -0.347 e. The van der Waals surface area contributed by atoms with Gasteiger partial charge in [0.05, 0.1) is 28.7 Å². The van der Waals surface area contributed by atoms with E-state index in [1.54, 1.807) is 34.9 Å². The fourth-order valence-corrected chi connectivity index (χ4v) is 3.87. The van der Waals surface area contributed by atoms with Crippen molar-refractivity contribution >= 4 is 22.6 Å². The van der Waals surface area contributed by atoms with E-state index in [1.807, 2.05) is 36.4 Å². The number of nitrogens with one attached hydrogen (secondary N) is 2. The molecule has 182 valence electrons. The van der Waals surface area contributed by atoms with Gasteiger partial charge in [0.15, 0.2) is 5.78 Å². The van der Waals surface area contributed by atoms with Crippen LogP contribution >= 0.6 is 0 Å². The molecule has 0 saturated heterocycles. The molecule has 0 unspecified atom stereocenters. The van der Waals surface area contributed by atoms with E-state index < -0.39 is 5.82 Å². The molecule has 0 spiro atoms. The van der Waals surface area contributed by atoms with Crippen LogP contribution in [0.4, 0.5) is 10.3 Å². The first-order valence-electron chi connectivity index (χ1n) is 11.1. The fourth-order valence-electron chi connectivity index (χ4n) is 3.87. The molecule has 5 aromatic rings. The Morgan fingerprint density at radius 3 is 2.47 bits per heavy atom. The van der Waals surface area contributed by atoms with Gasteiger partial charge < -0.3 is 10.3 Å². The van der Waals surface area contributed by atoms with E-state index in [1.165, 1.54) is 12.1 Å². The van der Waals surface area contributed by atoms with E-state index in [2.05, 4.69) is 25.5 Å². The summed E-state index contributed by atoms with van der Waals surface area (Å²) < 4.78 is 15.8. The number of carbonyl (C=O) groups excluding carboxylic acids is 1. The molecule has 0 radical (unpaired) electrons. The van der Waals surface area contributed by atoms with Crippen molar-refractivity contribution in [3.8, 4) is 5.69 Å². The SMILES string of the molecule is C.O=C(CCc1nnc(NCc2nc3ccccc3c(=O)[nH]2)n1-c1ccccc1)c1ccccc1F. The van der Waals surface area contributed by atoms with Crippen molar-refractivity contribution in [3.05, 3.63) is 112 Å². The number of nitrogens with zero attached hydrogens (tertiary/aromatic N) is 4. The van der Waals surface area contributed by atoms with Gasteiger partial charge in [-0.1, -0.05) is 49.9 Å². The lowest BCUT2D eigenvalue weighted by Gasteiger charge is -2.12. The van der Waals surface area contributed by atoms with Gasteiger partial charge in [0.1, 0.15) is 17.5 Å². The topological polar surface area (TPSA) is 106 Å². The van der Waals surface area contributed by atoms with E-state index in [0.29, 0.717) is 28.5 Å². The molecular weight excluding hydrogens is 459 g/mol. The monoisotopic (exact) mass is 484 g/mol. The predicted molar refractivity (Wildman–Crippen MR) is 137 cm³/mol. The van der Waals surface area contributed by atoms with Crippen LogP contribution < -0.4 is 10.9 Å². The maximum Gasteiger partial charge on any atom is 0.258 e. The van der Waals surface area contributed by atoms with E-state index in [-0.39, 0.29) is 43.7 Å². The van der Waals surface area contributed by atoms with Crippen LogP contribution in [0.3, 0.4) is 0 Å². The Balaban J connectivity index is 0.00000304. The van der Waals surface area contributed by atoms with E-state index in [0.717, 1.165) is 5.69 Å². The summed E-state index contributed by atoms with van der Waals surface area (Å²) in [6.07, 6.45) is 0.341. The van der Waals surface area contributed by atoms with Crippen molar-refractivity contribution in [1.82, 2.24) is 24.7 Å². The third-order valence-corrected chi connectivity index (χ3v) is 5.57. The van der Waals surface area contributed by atoms with Crippen molar-refractivity contribution in [3.63, 3.8) is 0 Å². The van der Waals surface area contributed by atoms with Crippen LogP contribution in [-0.2, 0) is 13.0 Å². The molecule has 0 atom stereocenters. The number of Topliss-reactive ketones (excluding diaryl/α,β-unsaturated/α-hetero) is 1. The lowest BCUT2D eigenvalue weighted by molar-refractivity contribution is 0.0978. The lowest BCUT2D eigenvalue weighted by atomic mass is 10.1. The Kier molecular flexibility index (Phi) is 7.29. The van der Waals surface area contributed by atoms with Crippen molar-refractivity contribution in [2.24, 2.45) is 0 Å². The van der Waals surface area contributed by atoms with Crippen LogP contribution in [0.2, 0.25) is 0 Å². The Hall–Kier alpha value is -4.66. The molecule has 5 rings (SSSR count). The van der Waals surface area contributed by atoms with Gasteiger partial charge in [-0.25, -0.2) is 9.37 Å². The number of para-hydroxylation sites is 2. The number of H-pyrrole nitrogens is 1. The molecule has 0 aliphatic rings. The van der Waals surface area contributed by atoms with Crippen LogP contribution in [0.5, 0.6) is 0 Å². The normalized spacial score (nSPS) is 10.7. The highest BCUT2D eigenvalue weighted by Gasteiger charge is 2.17. The molecule has 0 aliphatic carbocycles. The molecule has 2 heterocycles. The Morgan fingerprint density at radius 1 is 0.944 bits per heavy atom. The Labute approximate surface area is 206 Å². The zero-order valence-corrected chi connectivity index (χ0v) is 18.6.